The number of hydrogen-bond acceptors (Lipinski definition) is 3. The number of hydrogen-bond donors (Lipinski definition) is 1. The van der Waals surface area contributed by atoms with Crippen LogP contribution in [0.5, 0.6) is 5.88 Å². The van der Waals surface area contributed by atoms with Crippen LogP contribution in [0.15, 0.2) is 30.5 Å². The van der Waals surface area contributed by atoms with Crippen molar-refractivity contribution in [3.05, 3.63) is 47.2 Å². The Bertz CT molecular complexity index is 575. The van der Waals surface area contributed by atoms with E-state index in [1.807, 2.05) is 31.2 Å². The van der Waals surface area contributed by atoms with Crippen LogP contribution in [0.25, 0.3) is 0 Å². The molecule has 0 aliphatic carbocycles. The van der Waals surface area contributed by atoms with Crippen molar-refractivity contribution in [1.82, 2.24) is 9.78 Å². The molecule has 1 aromatic carbocycles. The summed E-state index contributed by atoms with van der Waals surface area (Å²) in [6.07, 6.45) is 1.48. The lowest BCUT2D eigenvalue weighted by Gasteiger charge is -2.02. The average Bonchev–Trinajstić information content (AvgIpc) is 2.72. The van der Waals surface area contributed by atoms with E-state index >= 15 is 0 Å². The third-order valence-corrected chi connectivity index (χ3v) is 2.58. The van der Waals surface area contributed by atoms with E-state index in [9.17, 15) is 4.79 Å². The molecule has 0 radical (unpaired) electrons. The molecule has 5 heteroatoms. The fourth-order valence-corrected chi connectivity index (χ4v) is 1.78. The molecule has 1 N–H and O–H groups in total. The average molecular weight is 246 g/mol. The van der Waals surface area contributed by atoms with Crippen LogP contribution in [0.3, 0.4) is 0 Å². The van der Waals surface area contributed by atoms with Gasteiger partial charge in [-0.2, -0.15) is 0 Å². The maximum Gasteiger partial charge on any atom is 0.342 e. The quantitative estimate of drug-likeness (QED) is 0.895. The molecule has 0 unspecified atom stereocenters. The monoisotopic (exact) mass is 246 g/mol. The topological polar surface area (TPSA) is 64.4 Å². The zero-order valence-electron chi connectivity index (χ0n) is 10.3. The van der Waals surface area contributed by atoms with Gasteiger partial charge in [-0.25, -0.2) is 4.79 Å². The summed E-state index contributed by atoms with van der Waals surface area (Å²) in [6, 6.07) is 7.98. The highest BCUT2D eigenvalue weighted by molar-refractivity contribution is 5.89. The molecular weight excluding hydrogens is 232 g/mol. The third kappa shape index (κ3) is 2.51. The van der Waals surface area contributed by atoms with Gasteiger partial charge in [0.25, 0.3) is 0 Å². The molecule has 5 nitrogen and oxygen atoms in total. The predicted molar refractivity (Wildman–Crippen MR) is 66.0 cm³/mol. The predicted octanol–water partition coefficient (Wildman–Crippen LogP) is 1.95. The van der Waals surface area contributed by atoms with E-state index < -0.39 is 5.97 Å². The fourth-order valence-electron chi connectivity index (χ4n) is 1.78. The second-order valence-corrected chi connectivity index (χ2v) is 4.04. The van der Waals surface area contributed by atoms with Gasteiger partial charge < -0.3 is 9.84 Å². The second-order valence-electron chi connectivity index (χ2n) is 4.04. The van der Waals surface area contributed by atoms with Crippen molar-refractivity contribution in [3.8, 4) is 5.88 Å². The van der Waals surface area contributed by atoms with Crippen molar-refractivity contribution in [2.24, 2.45) is 0 Å². The molecule has 2 rings (SSSR count). The molecule has 0 amide bonds. The van der Waals surface area contributed by atoms with Crippen LogP contribution >= 0.6 is 0 Å². The molecule has 0 atom stereocenters. The zero-order valence-corrected chi connectivity index (χ0v) is 10.3. The molecule has 0 saturated heterocycles. The van der Waals surface area contributed by atoms with Gasteiger partial charge in [-0.15, -0.1) is 5.10 Å². The Hall–Kier alpha value is -2.30. The van der Waals surface area contributed by atoms with E-state index in [0.717, 1.165) is 11.1 Å². The van der Waals surface area contributed by atoms with Crippen LogP contribution in [-0.4, -0.2) is 28.0 Å². The van der Waals surface area contributed by atoms with Gasteiger partial charge in [-0.3, -0.25) is 4.68 Å². The first kappa shape index (κ1) is 12.2. The molecule has 0 saturated carbocycles. The minimum absolute atomic E-state index is 0.0742. The molecule has 0 spiro atoms. The van der Waals surface area contributed by atoms with Gasteiger partial charge in [-0.1, -0.05) is 29.8 Å². The van der Waals surface area contributed by atoms with Crippen molar-refractivity contribution in [2.75, 3.05) is 7.11 Å². The van der Waals surface area contributed by atoms with Crippen LogP contribution in [0.1, 0.15) is 21.5 Å². The number of benzene rings is 1. The normalized spacial score (nSPS) is 10.3. The first-order valence-corrected chi connectivity index (χ1v) is 5.50. The van der Waals surface area contributed by atoms with Gasteiger partial charge >= 0.3 is 5.97 Å². The summed E-state index contributed by atoms with van der Waals surface area (Å²) in [5.74, 6) is -0.905. The summed E-state index contributed by atoms with van der Waals surface area (Å²) in [7, 11) is 1.41. The molecule has 1 aromatic heterocycles. The second kappa shape index (κ2) is 4.91. The lowest BCUT2D eigenvalue weighted by Crippen LogP contribution is -2.00. The van der Waals surface area contributed by atoms with Crippen molar-refractivity contribution < 1.29 is 14.6 Å². The van der Waals surface area contributed by atoms with Gasteiger partial charge in [0.2, 0.25) is 5.88 Å². The highest BCUT2D eigenvalue weighted by Gasteiger charge is 2.15. The Balaban J connectivity index is 2.27. The summed E-state index contributed by atoms with van der Waals surface area (Å²) in [4.78, 5) is 11.0. The number of carboxylic acids is 1. The third-order valence-electron chi connectivity index (χ3n) is 2.58. The van der Waals surface area contributed by atoms with E-state index in [2.05, 4.69) is 5.10 Å². The van der Waals surface area contributed by atoms with Crippen LogP contribution in [0.4, 0.5) is 0 Å². The minimum Gasteiger partial charge on any atom is -0.479 e. The molecule has 2 aromatic rings. The largest absolute Gasteiger partial charge is 0.479 e. The lowest BCUT2D eigenvalue weighted by molar-refractivity contribution is 0.0693. The highest BCUT2D eigenvalue weighted by Crippen LogP contribution is 2.16. The maximum absolute atomic E-state index is 11.0. The molecular formula is C13H14N2O3. The van der Waals surface area contributed by atoms with E-state index in [0.29, 0.717) is 6.54 Å². The number of ether oxygens (including phenoxy) is 1. The van der Waals surface area contributed by atoms with Crippen LogP contribution < -0.4 is 4.74 Å². The van der Waals surface area contributed by atoms with Gasteiger partial charge in [0.1, 0.15) is 5.56 Å². The molecule has 0 bridgehead atoms. The Labute approximate surface area is 105 Å². The van der Waals surface area contributed by atoms with Crippen LogP contribution in [0.2, 0.25) is 0 Å². The Morgan fingerprint density at radius 1 is 1.50 bits per heavy atom. The van der Waals surface area contributed by atoms with Crippen molar-refractivity contribution >= 4 is 5.97 Å². The van der Waals surface area contributed by atoms with E-state index in [1.54, 1.807) is 4.68 Å². The number of rotatable bonds is 4. The highest BCUT2D eigenvalue weighted by atomic mass is 16.5. The van der Waals surface area contributed by atoms with Crippen molar-refractivity contribution in [1.29, 1.82) is 0 Å². The maximum atomic E-state index is 11.0. The SMILES string of the molecule is COc1nn(Cc2cccc(C)c2)cc1C(=O)O. The molecule has 94 valence electrons. The van der Waals surface area contributed by atoms with E-state index in [1.165, 1.54) is 13.3 Å². The molecule has 0 fully saturated rings. The number of aromatic carboxylic acids is 1. The van der Waals surface area contributed by atoms with Crippen LogP contribution in [0, 0.1) is 6.92 Å². The lowest BCUT2D eigenvalue weighted by atomic mass is 10.1. The zero-order chi connectivity index (χ0) is 13.1. The Morgan fingerprint density at radius 3 is 2.83 bits per heavy atom. The Kier molecular flexibility index (Phi) is 3.32. The summed E-state index contributed by atoms with van der Waals surface area (Å²) in [5, 5.41) is 13.1. The van der Waals surface area contributed by atoms with E-state index in [4.69, 9.17) is 9.84 Å². The summed E-state index contributed by atoms with van der Waals surface area (Å²) in [5.41, 5.74) is 2.30. The molecule has 0 aliphatic rings. The number of nitrogens with zero attached hydrogens (tertiary/aromatic N) is 2. The van der Waals surface area contributed by atoms with Gasteiger partial charge in [-0.05, 0) is 12.5 Å². The Morgan fingerprint density at radius 2 is 2.28 bits per heavy atom. The standard InChI is InChI=1S/C13H14N2O3/c1-9-4-3-5-10(6-9)7-15-8-11(13(16)17)12(14-15)18-2/h3-6,8H,7H2,1-2H3,(H,16,17). The number of carboxylic acid groups (broad SMARTS) is 1. The van der Waals surface area contributed by atoms with Crippen molar-refractivity contribution in [3.63, 3.8) is 0 Å². The number of methoxy groups -OCH3 is 1. The summed E-state index contributed by atoms with van der Waals surface area (Å²) >= 11 is 0. The first-order chi connectivity index (χ1) is 8.60. The number of aryl methyl sites for hydroxylation is 1. The molecule has 1 heterocycles. The van der Waals surface area contributed by atoms with E-state index in [-0.39, 0.29) is 11.4 Å². The minimum atomic E-state index is -1.04. The number of carbonyl (C=O) groups is 1. The smallest absolute Gasteiger partial charge is 0.342 e. The number of aromatic nitrogens is 2. The summed E-state index contributed by atoms with van der Waals surface area (Å²) in [6.45, 7) is 2.53. The fraction of sp³-hybridized carbons (Fsp3) is 0.231. The summed E-state index contributed by atoms with van der Waals surface area (Å²) < 4.78 is 6.50. The van der Waals surface area contributed by atoms with Gasteiger partial charge in [0.05, 0.1) is 13.7 Å². The molecule has 0 aliphatic heterocycles. The van der Waals surface area contributed by atoms with Crippen molar-refractivity contribution in [2.45, 2.75) is 13.5 Å². The van der Waals surface area contributed by atoms with Crippen LogP contribution in [-0.2, 0) is 6.54 Å². The molecule has 18 heavy (non-hydrogen) atoms. The van der Waals surface area contributed by atoms with Gasteiger partial charge in [0.15, 0.2) is 0 Å². The van der Waals surface area contributed by atoms with Gasteiger partial charge in [0, 0.05) is 6.20 Å². The first-order valence-electron chi connectivity index (χ1n) is 5.50.